The summed E-state index contributed by atoms with van der Waals surface area (Å²) in [6.07, 6.45) is 1.10. The van der Waals surface area contributed by atoms with Gasteiger partial charge in [-0.05, 0) is 7.05 Å². The van der Waals surface area contributed by atoms with Crippen molar-refractivity contribution in [1.82, 2.24) is 10.9 Å². The molecule has 0 aliphatic heterocycles. The van der Waals surface area contributed by atoms with Gasteiger partial charge >= 0.3 is 0 Å². The Kier molecular flexibility index (Phi) is 4.21. The molecule has 0 unspecified atom stereocenters. The Bertz CT molecular complexity index is 116. The molecule has 0 atom stereocenters. The number of hydrogen-bond donors (Lipinski definition) is 2. The van der Waals surface area contributed by atoms with Crippen molar-refractivity contribution >= 4 is 10.0 Å². The molecule has 0 heterocycles. The van der Waals surface area contributed by atoms with E-state index in [1.54, 1.807) is 0 Å². The molecule has 0 aromatic heterocycles. The van der Waals surface area contributed by atoms with E-state index in [1.807, 2.05) is 0 Å². The van der Waals surface area contributed by atoms with Crippen LogP contribution in [0.1, 0.15) is 0 Å². The van der Waals surface area contributed by atoms with Crippen molar-refractivity contribution in [2.24, 2.45) is 0 Å². The molecule has 0 rings (SSSR count). The molecule has 0 saturated heterocycles. The summed E-state index contributed by atoms with van der Waals surface area (Å²) in [4.78, 5) is 0. The average Bonchev–Trinajstić information content (AvgIpc) is 1.35. The molecule has 0 bridgehead atoms. The van der Waals surface area contributed by atoms with Crippen molar-refractivity contribution in [3.8, 4) is 0 Å². The molecular formula is C2H10N2O2S. The first-order valence-corrected chi connectivity index (χ1v) is 3.34. The Morgan fingerprint density at radius 1 is 1.43 bits per heavy atom. The fourth-order valence-electron chi connectivity index (χ4n) is 0. The second-order valence-electron chi connectivity index (χ2n) is 0.976. The van der Waals surface area contributed by atoms with Crippen LogP contribution < -0.4 is 10.9 Å². The van der Waals surface area contributed by atoms with Crippen LogP contribution in [-0.4, -0.2) is 21.7 Å². The maximum absolute atomic E-state index is 9.89. The van der Waals surface area contributed by atoms with E-state index in [9.17, 15) is 8.42 Å². The third-order valence-corrected chi connectivity index (χ3v) is 1.11. The quantitative estimate of drug-likeness (QED) is 0.488. The van der Waals surface area contributed by atoms with Gasteiger partial charge in [0.2, 0.25) is 10.0 Å². The molecule has 0 aromatic rings. The largest absolute Gasteiger partial charge is 0.344 e. The third kappa shape index (κ3) is 10.7. The summed E-state index contributed by atoms with van der Waals surface area (Å²) in [5.74, 6) is 0. The number of sulfonamides is 1. The van der Waals surface area contributed by atoms with E-state index in [-0.39, 0.29) is 6.15 Å². The first-order valence-electron chi connectivity index (χ1n) is 1.45. The summed E-state index contributed by atoms with van der Waals surface area (Å²) < 4.78 is 21.9. The van der Waals surface area contributed by atoms with Crippen LogP contribution in [-0.2, 0) is 10.0 Å². The lowest BCUT2D eigenvalue weighted by Crippen LogP contribution is -2.15. The highest BCUT2D eigenvalue weighted by atomic mass is 32.2. The fourth-order valence-corrected chi connectivity index (χ4v) is 0. The Hall–Kier alpha value is -0.130. The first kappa shape index (κ1) is 9.98. The van der Waals surface area contributed by atoms with Gasteiger partial charge in [-0.3, -0.25) is 0 Å². The van der Waals surface area contributed by atoms with Crippen LogP contribution in [0.15, 0.2) is 0 Å². The minimum Gasteiger partial charge on any atom is -0.344 e. The maximum Gasteiger partial charge on any atom is 0.208 e. The van der Waals surface area contributed by atoms with Gasteiger partial charge in [0.15, 0.2) is 0 Å². The van der Waals surface area contributed by atoms with Crippen LogP contribution in [0, 0.1) is 0 Å². The Morgan fingerprint density at radius 2 is 1.57 bits per heavy atom. The van der Waals surface area contributed by atoms with Crippen LogP contribution in [0.25, 0.3) is 0 Å². The Morgan fingerprint density at radius 3 is 1.57 bits per heavy atom. The monoisotopic (exact) mass is 126 g/mol. The molecule has 7 heavy (non-hydrogen) atoms. The van der Waals surface area contributed by atoms with Crippen molar-refractivity contribution in [1.29, 1.82) is 0 Å². The molecule has 4 nitrogen and oxygen atoms in total. The molecule has 0 aromatic carbocycles. The van der Waals surface area contributed by atoms with Gasteiger partial charge < -0.3 is 6.15 Å². The van der Waals surface area contributed by atoms with Crippen LogP contribution in [0.4, 0.5) is 0 Å². The molecule has 0 saturated carbocycles. The molecule has 0 spiro atoms. The minimum atomic E-state index is -2.91. The molecule has 0 aliphatic carbocycles. The SMILES string of the molecule is CNS(C)(=O)=O.N. The number of nitrogens with one attached hydrogen (secondary N) is 1. The zero-order valence-corrected chi connectivity index (χ0v) is 5.25. The van der Waals surface area contributed by atoms with E-state index in [4.69, 9.17) is 0 Å². The van der Waals surface area contributed by atoms with Gasteiger partial charge in [0.05, 0.1) is 6.26 Å². The minimum absolute atomic E-state index is 0. The lowest BCUT2D eigenvalue weighted by molar-refractivity contribution is 0.594. The maximum atomic E-state index is 9.89. The summed E-state index contributed by atoms with van der Waals surface area (Å²) in [5.41, 5.74) is 0. The van der Waals surface area contributed by atoms with Crippen molar-refractivity contribution in [2.75, 3.05) is 13.3 Å². The second kappa shape index (κ2) is 2.95. The smallest absolute Gasteiger partial charge is 0.208 e. The molecule has 0 fully saturated rings. The zero-order chi connectivity index (χ0) is 5.21. The van der Waals surface area contributed by atoms with E-state index >= 15 is 0 Å². The molecule has 46 valence electrons. The van der Waals surface area contributed by atoms with Gasteiger partial charge in [0, 0.05) is 0 Å². The summed E-state index contributed by atoms with van der Waals surface area (Å²) in [5, 5.41) is 0. The summed E-state index contributed by atoms with van der Waals surface area (Å²) in [6.45, 7) is 0. The summed E-state index contributed by atoms with van der Waals surface area (Å²) in [6, 6.07) is 0. The van der Waals surface area contributed by atoms with E-state index in [1.165, 1.54) is 7.05 Å². The lowest BCUT2D eigenvalue weighted by Gasteiger charge is -1.85. The standard InChI is InChI=1S/C2H7NO2S.H3N/c1-3-6(2,4)5;/h3H,1-2H3;1H3. The second-order valence-corrected chi connectivity index (χ2v) is 2.93. The van der Waals surface area contributed by atoms with Crippen molar-refractivity contribution in [3.63, 3.8) is 0 Å². The lowest BCUT2D eigenvalue weighted by atomic mass is 11.6. The van der Waals surface area contributed by atoms with Crippen molar-refractivity contribution in [2.45, 2.75) is 0 Å². The van der Waals surface area contributed by atoms with Crippen molar-refractivity contribution < 1.29 is 8.42 Å². The normalized spacial score (nSPS) is 10.0. The molecule has 0 radical (unpaired) electrons. The van der Waals surface area contributed by atoms with Crippen molar-refractivity contribution in [3.05, 3.63) is 0 Å². The molecular weight excluding hydrogens is 116 g/mol. The number of hydrogen-bond acceptors (Lipinski definition) is 3. The highest BCUT2D eigenvalue weighted by Gasteiger charge is 1.88. The Balaban J connectivity index is 0. The van der Waals surface area contributed by atoms with E-state index in [2.05, 4.69) is 4.72 Å². The van der Waals surface area contributed by atoms with Gasteiger partial charge in [-0.1, -0.05) is 0 Å². The zero-order valence-electron chi connectivity index (χ0n) is 4.43. The highest BCUT2D eigenvalue weighted by molar-refractivity contribution is 7.88. The fraction of sp³-hybridized carbons (Fsp3) is 1.00. The predicted molar refractivity (Wildman–Crippen MR) is 28.9 cm³/mol. The van der Waals surface area contributed by atoms with Gasteiger partial charge in [-0.25, -0.2) is 13.1 Å². The van der Waals surface area contributed by atoms with Crippen LogP contribution in [0.2, 0.25) is 0 Å². The predicted octanol–water partition coefficient (Wildman–Crippen LogP) is -0.673. The molecule has 0 amide bonds. The van der Waals surface area contributed by atoms with E-state index in [0.717, 1.165) is 6.26 Å². The van der Waals surface area contributed by atoms with E-state index in [0.29, 0.717) is 0 Å². The molecule has 0 aliphatic rings. The van der Waals surface area contributed by atoms with Gasteiger partial charge in [-0.2, -0.15) is 0 Å². The highest BCUT2D eigenvalue weighted by Crippen LogP contribution is 1.62. The first-order chi connectivity index (χ1) is 2.56. The average molecular weight is 126 g/mol. The van der Waals surface area contributed by atoms with Crippen LogP contribution >= 0.6 is 0 Å². The summed E-state index contributed by atoms with van der Waals surface area (Å²) in [7, 11) is -1.54. The molecule has 4 N–H and O–H groups in total. The van der Waals surface area contributed by atoms with E-state index < -0.39 is 10.0 Å². The Labute approximate surface area is 43.6 Å². The van der Waals surface area contributed by atoms with Gasteiger partial charge in [0.1, 0.15) is 0 Å². The van der Waals surface area contributed by atoms with Crippen LogP contribution in [0.3, 0.4) is 0 Å². The van der Waals surface area contributed by atoms with Gasteiger partial charge in [0.25, 0.3) is 0 Å². The third-order valence-electron chi connectivity index (χ3n) is 0.371. The van der Waals surface area contributed by atoms with Crippen LogP contribution in [0.5, 0.6) is 0 Å². The van der Waals surface area contributed by atoms with Gasteiger partial charge in [-0.15, -0.1) is 0 Å². The topological polar surface area (TPSA) is 81.2 Å². The number of rotatable bonds is 1. The summed E-state index contributed by atoms with van der Waals surface area (Å²) >= 11 is 0. The molecule has 5 heteroatoms.